The number of carboxylic acid groups (broad SMARTS) is 1. The van der Waals surface area contributed by atoms with Crippen molar-refractivity contribution in [1.82, 2.24) is 4.90 Å². The zero-order valence-electron chi connectivity index (χ0n) is 22.6. The summed E-state index contributed by atoms with van der Waals surface area (Å²) in [5, 5.41) is 18.6. The second-order valence-corrected chi connectivity index (χ2v) is 12.1. The Kier molecular flexibility index (Phi) is 9.22. The van der Waals surface area contributed by atoms with Gasteiger partial charge in [-0.2, -0.15) is 5.26 Å². The van der Waals surface area contributed by atoms with Crippen LogP contribution in [0.2, 0.25) is 0 Å². The number of hydrogen-bond donors (Lipinski definition) is 1. The van der Waals surface area contributed by atoms with Gasteiger partial charge in [0.15, 0.2) is 0 Å². The van der Waals surface area contributed by atoms with Crippen LogP contribution >= 0.6 is 0 Å². The summed E-state index contributed by atoms with van der Waals surface area (Å²) < 4.78 is 0. The van der Waals surface area contributed by atoms with Gasteiger partial charge in [-0.3, -0.25) is 9.69 Å². The van der Waals surface area contributed by atoms with E-state index in [0.29, 0.717) is 24.4 Å². The topological polar surface area (TPSA) is 64.3 Å². The van der Waals surface area contributed by atoms with Crippen LogP contribution in [0.3, 0.4) is 0 Å². The molecule has 35 heavy (non-hydrogen) atoms. The number of carboxylic acids is 1. The zero-order valence-corrected chi connectivity index (χ0v) is 22.6. The van der Waals surface area contributed by atoms with Crippen LogP contribution in [-0.4, -0.2) is 34.6 Å². The molecule has 3 rings (SSSR count). The van der Waals surface area contributed by atoms with Gasteiger partial charge in [0, 0.05) is 12.1 Å². The molecule has 4 atom stereocenters. The first kappa shape index (κ1) is 27.5. The molecule has 4 heteroatoms. The highest BCUT2D eigenvalue weighted by molar-refractivity contribution is 5.72. The largest absolute Gasteiger partial charge is 0.480 e. The Hall–Kier alpha value is -2.12. The standard InChI is InChI=1S/C31H46N2O2/c1-7-27-22(4)10-12-26(14-15-31(5,6)28(27)17-21(2)3)33-16-8-9-24-18-23(11-13-29(24)33)19-25(20-32)30(34)35/h7,10,18,21,23,25-26,29H,1,8-9,11-17,19H2,2-6H3,(H,34,35)/b22-10+,28-27-/t23?,25-,26?,29?/m0/s1. The minimum atomic E-state index is -0.988. The molecule has 0 radical (unpaired) electrons. The van der Waals surface area contributed by atoms with E-state index >= 15 is 0 Å². The predicted molar refractivity (Wildman–Crippen MR) is 144 cm³/mol. The summed E-state index contributed by atoms with van der Waals surface area (Å²) in [5.74, 6) is -1.06. The average Bonchev–Trinajstić information content (AvgIpc) is 2.85. The Balaban J connectivity index is 1.82. The highest BCUT2D eigenvalue weighted by atomic mass is 16.4. The first-order valence-corrected chi connectivity index (χ1v) is 13.7. The summed E-state index contributed by atoms with van der Waals surface area (Å²) in [6.45, 7) is 17.1. The predicted octanol–water partition coefficient (Wildman–Crippen LogP) is 7.46. The van der Waals surface area contributed by atoms with Crippen molar-refractivity contribution < 1.29 is 9.90 Å². The van der Waals surface area contributed by atoms with Crippen molar-refractivity contribution in [3.8, 4) is 6.07 Å². The van der Waals surface area contributed by atoms with Crippen molar-refractivity contribution in [2.24, 2.45) is 23.2 Å². The lowest BCUT2D eigenvalue weighted by molar-refractivity contribution is -0.140. The smallest absolute Gasteiger partial charge is 0.320 e. The van der Waals surface area contributed by atoms with Crippen molar-refractivity contribution in [1.29, 1.82) is 5.26 Å². The van der Waals surface area contributed by atoms with Crippen molar-refractivity contribution in [2.45, 2.75) is 104 Å². The third-order valence-electron chi connectivity index (χ3n) is 8.61. The fraction of sp³-hybridized carbons (Fsp3) is 0.677. The van der Waals surface area contributed by atoms with E-state index in [-0.39, 0.29) is 11.3 Å². The number of likely N-dealkylation sites (tertiary alicyclic amines) is 1. The summed E-state index contributed by atoms with van der Waals surface area (Å²) in [6, 6.07) is 2.96. The highest BCUT2D eigenvalue weighted by Gasteiger charge is 2.37. The Labute approximate surface area is 213 Å². The molecule has 0 aromatic rings. The molecular weight excluding hydrogens is 432 g/mol. The zero-order chi connectivity index (χ0) is 25.8. The molecule has 3 unspecified atom stereocenters. The fourth-order valence-electron chi connectivity index (χ4n) is 6.64. The lowest BCUT2D eigenvalue weighted by Crippen LogP contribution is -2.49. The molecule has 1 N–H and O–H groups in total. The molecule has 3 aliphatic rings. The lowest BCUT2D eigenvalue weighted by Gasteiger charge is -2.46. The third kappa shape index (κ3) is 6.56. The average molecular weight is 479 g/mol. The minimum Gasteiger partial charge on any atom is -0.480 e. The summed E-state index contributed by atoms with van der Waals surface area (Å²) in [7, 11) is 0. The summed E-state index contributed by atoms with van der Waals surface area (Å²) in [4.78, 5) is 14.1. The monoisotopic (exact) mass is 478 g/mol. The maximum atomic E-state index is 11.4. The number of allylic oxidation sites excluding steroid dienone is 5. The van der Waals surface area contributed by atoms with E-state index in [1.165, 1.54) is 29.6 Å². The van der Waals surface area contributed by atoms with E-state index in [4.69, 9.17) is 0 Å². The Bertz CT molecular complexity index is 930. The molecule has 2 aliphatic carbocycles. The number of fused-ring (bicyclic) bond motifs is 1. The van der Waals surface area contributed by atoms with Gasteiger partial charge < -0.3 is 5.11 Å². The van der Waals surface area contributed by atoms with Crippen molar-refractivity contribution in [2.75, 3.05) is 6.54 Å². The van der Waals surface area contributed by atoms with E-state index in [2.05, 4.69) is 64.3 Å². The normalized spacial score (nSPS) is 32.1. The highest BCUT2D eigenvalue weighted by Crippen LogP contribution is 2.43. The van der Waals surface area contributed by atoms with Crippen LogP contribution in [0, 0.1) is 34.5 Å². The molecule has 0 saturated carbocycles. The number of rotatable bonds is 7. The molecule has 1 heterocycles. The quantitative estimate of drug-likeness (QED) is 0.386. The van der Waals surface area contributed by atoms with Crippen molar-refractivity contribution in [3.63, 3.8) is 0 Å². The maximum absolute atomic E-state index is 11.4. The Morgan fingerprint density at radius 3 is 2.71 bits per heavy atom. The number of aliphatic carboxylic acids is 1. The van der Waals surface area contributed by atoms with Gasteiger partial charge in [0.1, 0.15) is 5.92 Å². The van der Waals surface area contributed by atoms with Crippen LogP contribution in [0.15, 0.2) is 47.1 Å². The summed E-state index contributed by atoms with van der Waals surface area (Å²) >= 11 is 0. The van der Waals surface area contributed by atoms with E-state index in [1.807, 2.05) is 6.07 Å². The van der Waals surface area contributed by atoms with E-state index in [0.717, 1.165) is 45.1 Å². The number of nitrogens with zero attached hydrogens (tertiary/aromatic N) is 2. The van der Waals surface area contributed by atoms with Crippen LogP contribution in [0.5, 0.6) is 0 Å². The number of carbonyl (C=O) groups is 1. The van der Waals surface area contributed by atoms with E-state index in [1.54, 1.807) is 5.57 Å². The molecule has 1 aliphatic heterocycles. The number of hydrogen-bond acceptors (Lipinski definition) is 3. The minimum absolute atomic E-state index is 0.140. The van der Waals surface area contributed by atoms with Gasteiger partial charge in [-0.15, -0.1) is 0 Å². The van der Waals surface area contributed by atoms with Gasteiger partial charge >= 0.3 is 5.97 Å². The lowest BCUT2D eigenvalue weighted by atomic mass is 9.73. The molecule has 192 valence electrons. The van der Waals surface area contributed by atoms with Gasteiger partial charge in [0.2, 0.25) is 0 Å². The van der Waals surface area contributed by atoms with Crippen LogP contribution in [0.1, 0.15) is 92.4 Å². The third-order valence-corrected chi connectivity index (χ3v) is 8.61. The fourth-order valence-corrected chi connectivity index (χ4v) is 6.64. The maximum Gasteiger partial charge on any atom is 0.320 e. The van der Waals surface area contributed by atoms with Gasteiger partial charge in [0.25, 0.3) is 0 Å². The molecule has 0 amide bonds. The SMILES string of the molecule is C=CC1=C(\CC(C)C)C(C)(C)CCC(N2CCCC3=CC(C[C@@H](C#N)C(=O)O)CCC32)C\C=C\1C. The first-order valence-electron chi connectivity index (χ1n) is 13.7. The molecule has 0 spiro atoms. The molecule has 4 nitrogen and oxygen atoms in total. The second-order valence-electron chi connectivity index (χ2n) is 12.1. The van der Waals surface area contributed by atoms with Gasteiger partial charge in [-0.05, 0) is 99.7 Å². The first-order chi connectivity index (χ1) is 16.6. The van der Waals surface area contributed by atoms with Crippen LogP contribution in [-0.2, 0) is 4.79 Å². The summed E-state index contributed by atoms with van der Waals surface area (Å²) in [5.41, 5.74) is 5.90. The van der Waals surface area contributed by atoms with Crippen molar-refractivity contribution >= 4 is 5.97 Å². The van der Waals surface area contributed by atoms with Crippen LogP contribution in [0.4, 0.5) is 0 Å². The molecule has 0 aromatic heterocycles. The van der Waals surface area contributed by atoms with Crippen molar-refractivity contribution in [3.05, 3.63) is 47.1 Å². The number of nitriles is 1. The molecular formula is C31H46N2O2. The van der Waals surface area contributed by atoms with Gasteiger partial charge in [-0.1, -0.05) is 63.6 Å². The van der Waals surface area contributed by atoms with Gasteiger partial charge in [-0.25, -0.2) is 0 Å². The second kappa shape index (κ2) is 11.7. The number of piperidine rings is 1. The molecule has 0 bridgehead atoms. The Morgan fingerprint density at radius 2 is 2.09 bits per heavy atom. The molecule has 1 fully saturated rings. The van der Waals surface area contributed by atoms with Gasteiger partial charge in [0.05, 0.1) is 6.07 Å². The molecule has 0 aromatic carbocycles. The van der Waals surface area contributed by atoms with E-state index in [9.17, 15) is 15.2 Å². The Morgan fingerprint density at radius 1 is 1.34 bits per heavy atom. The summed E-state index contributed by atoms with van der Waals surface area (Å²) in [6.07, 6.45) is 16.2. The molecule has 1 saturated heterocycles. The van der Waals surface area contributed by atoms with E-state index < -0.39 is 11.9 Å². The van der Waals surface area contributed by atoms with Crippen LogP contribution in [0.25, 0.3) is 0 Å². The van der Waals surface area contributed by atoms with Crippen LogP contribution < -0.4 is 0 Å².